The van der Waals surface area contributed by atoms with Crippen molar-refractivity contribution in [1.29, 1.82) is 5.41 Å². The number of para-hydroxylation sites is 1. The molecule has 0 bridgehead atoms. The number of amidine groups is 1. The maximum absolute atomic E-state index is 7.01. The Labute approximate surface area is 101 Å². The first kappa shape index (κ1) is 12.7. The summed E-state index contributed by atoms with van der Waals surface area (Å²) in [4.78, 5) is 0. The van der Waals surface area contributed by atoms with Gasteiger partial charge in [-0.05, 0) is 12.1 Å². The molecule has 0 aromatic heterocycles. The van der Waals surface area contributed by atoms with Gasteiger partial charge in [-0.25, -0.2) is 0 Å². The molecule has 0 spiro atoms. The fraction of sp³-hybridized carbons (Fsp3) is 0. The molecule has 0 fully saturated rings. The number of hydrogen-bond acceptors (Lipinski definition) is 3. The lowest BCUT2D eigenvalue weighted by Crippen LogP contribution is -2.10. The quantitative estimate of drug-likeness (QED) is 0.274. The van der Waals surface area contributed by atoms with Crippen LogP contribution in [-0.2, 0) is 0 Å². The SMILES string of the molecule is N=C(N)c1ccccc1.NNc1ccccc1. The van der Waals surface area contributed by atoms with Crippen LogP contribution in [0.3, 0.4) is 0 Å². The number of nitrogens with one attached hydrogen (secondary N) is 2. The summed E-state index contributed by atoms with van der Waals surface area (Å²) in [5, 5.41) is 7.01. The van der Waals surface area contributed by atoms with Crippen molar-refractivity contribution in [1.82, 2.24) is 0 Å². The molecular formula is C13H16N4. The van der Waals surface area contributed by atoms with Crippen LogP contribution in [0.4, 0.5) is 5.69 Å². The van der Waals surface area contributed by atoms with Crippen molar-refractivity contribution in [3.05, 3.63) is 66.2 Å². The van der Waals surface area contributed by atoms with E-state index in [4.69, 9.17) is 17.0 Å². The first-order chi connectivity index (χ1) is 8.24. The Hall–Kier alpha value is -2.33. The summed E-state index contributed by atoms with van der Waals surface area (Å²) in [6.07, 6.45) is 0. The van der Waals surface area contributed by atoms with Gasteiger partial charge in [-0.15, -0.1) is 0 Å². The van der Waals surface area contributed by atoms with E-state index in [1.165, 1.54) is 0 Å². The molecule has 0 aliphatic heterocycles. The van der Waals surface area contributed by atoms with E-state index in [2.05, 4.69) is 5.43 Å². The number of hydrazine groups is 1. The van der Waals surface area contributed by atoms with Gasteiger partial charge in [-0.2, -0.15) is 0 Å². The van der Waals surface area contributed by atoms with Crippen LogP contribution in [0.1, 0.15) is 5.56 Å². The van der Waals surface area contributed by atoms with Crippen molar-refractivity contribution < 1.29 is 0 Å². The number of nitrogen functional groups attached to an aromatic ring is 2. The highest BCUT2D eigenvalue weighted by atomic mass is 15.2. The van der Waals surface area contributed by atoms with Gasteiger partial charge in [0.1, 0.15) is 5.84 Å². The molecule has 2 aromatic carbocycles. The summed E-state index contributed by atoms with van der Waals surface area (Å²) in [5.41, 5.74) is 9.44. The van der Waals surface area contributed by atoms with Gasteiger partial charge in [0, 0.05) is 11.3 Å². The highest BCUT2D eigenvalue weighted by molar-refractivity contribution is 5.94. The minimum absolute atomic E-state index is 0.121. The molecular weight excluding hydrogens is 212 g/mol. The molecule has 0 atom stereocenters. The maximum atomic E-state index is 7.01. The summed E-state index contributed by atoms with van der Waals surface area (Å²) < 4.78 is 0. The Balaban J connectivity index is 0.000000171. The third-order valence-corrected chi connectivity index (χ3v) is 2.03. The highest BCUT2D eigenvalue weighted by Crippen LogP contribution is 2.00. The van der Waals surface area contributed by atoms with Crippen LogP contribution in [0.2, 0.25) is 0 Å². The molecule has 0 aliphatic rings. The van der Waals surface area contributed by atoms with Gasteiger partial charge in [-0.1, -0.05) is 48.5 Å². The van der Waals surface area contributed by atoms with Crippen LogP contribution in [0, 0.1) is 5.41 Å². The molecule has 2 rings (SSSR count). The average Bonchev–Trinajstić information content (AvgIpc) is 2.41. The predicted octanol–water partition coefficient (Wildman–Crippen LogP) is 1.94. The Bertz CT molecular complexity index is 439. The second-order valence-electron chi connectivity index (χ2n) is 3.29. The van der Waals surface area contributed by atoms with Crippen LogP contribution < -0.4 is 17.0 Å². The fourth-order valence-corrected chi connectivity index (χ4v) is 1.15. The molecule has 0 radical (unpaired) electrons. The summed E-state index contributed by atoms with van der Waals surface area (Å²) in [6, 6.07) is 18.8. The maximum Gasteiger partial charge on any atom is 0.122 e. The second-order valence-corrected chi connectivity index (χ2v) is 3.29. The third kappa shape index (κ3) is 4.81. The topological polar surface area (TPSA) is 87.9 Å². The first-order valence-electron chi connectivity index (χ1n) is 5.15. The summed E-state index contributed by atoms with van der Waals surface area (Å²) in [5.74, 6) is 5.22. The van der Waals surface area contributed by atoms with E-state index >= 15 is 0 Å². The number of nitrogens with two attached hydrogens (primary N) is 2. The summed E-state index contributed by atoms with van der Waals surface area (Å²) in [7, 11) is 0. The van der Waals surface area contributed by atoms with E-state index in [1.54, 1.807) is 0 Å². The summed E-state index contributed by atoms with van der Waals surface area (Å²) >= 11 is 0. The van der Waals surface area contributed by atoms with Crippen molar-refractivity contribution in [2.24, 2.45) is 11.6 Å². The Morgan fingerprint density at radius 3 is 1.65 bits per heavy atom. The molecule has 0 heterocycles. The Morgan fingerprint density at radius 2 is 1.35 bits per heavy atom. The van der Waals surface area contributed by atoms with Gasteiger partial charge >= 0.3 is 0 Å². The third-order valence-electron chi connectivity index (χ3n) is 2.03. The van der Waals surface area contributed by atoms with Gasteiger partial charge in [0.05, 0.1) is 0 Å². The fourth-order valence-electron chi connectivity index (χ4n) is 1.15. The number of hydrogen-bond donors (Lipinski definition) is 4. The van der Waals surface area contributed by atoms with E-state index in [-0.39, 0.29) is 5.84 Å². The zero-order valence-electron chi connectivity index (χ0n) is 9.43. The first-order valence-corrected chi connectivity index (χ1v) is 5.15. The van der Waals surface area contributed by atoms with E-state index in [1.807, 2.05) is 60.7 Å². The second kappa shape index (κ2) is 7.03. The number of benzene rings is 2. The largest absolute Gasteiger partial charge is 0.384 e. The highest BCUT2D eigenvalue weighted by Gasteiger charge is 1.89. The lowest BCUT2D eigenvalue weighted by atomic mass is 10.2. The molecule has 0 amide bonds. The van der Waals surface area contributed by atoms with Crippen LogP contribution in [0.5, 0.6) is 0 Å². The normalized spacial score (nSPS) is 8.76. The Kier molecular flexibility index (Phi) is 5.27. The van der Waals surface area contributed by atoms with Crippen molar-refractivity contribution in [2.45, 2.75) is 0 Å². The van der Waals surface area contributed by atoms with E-state index in [0.717, 1.165) is 11.3 Å². The zero-order chi connectivity index (χ0) is 12.5. The van der Waals surface area contributed by atoms with Gasteiger partial charge in [-0.3, -0.25) is 11.3 Å². The van der Waals surface area contributed by atoms with E-state index in [9.17, 15) is 0 Å². The van der Waals surface area contributed by atoms with Crippen LogP contribution >= 0.6 is 0 Å². The lowest BCUT2D eigenvalue weighted by molar-refractivity contribution is 1.35. The minimum atomic E-state index is 0.121. The molecule has 17 heavy (non-hydrogen) atoms. The molecule has 4 nitrogen and oxygen atoms in total. The molecule has 6 N–H and O–H groups in total. The van der Waals surface area contributed by atoms with Crippen LogP contribution in [0.25, 0.3) is 0 Å². The van der Waals surface area contributed by atoms with Gasteiger partial charge < -0.3 is 11.2 Å². The summed E-state index contributed by atoms with van der Waals surface area (Å²) in [6.45, 7) is 0. The predicted molar refractivity (Wildman–Crippen MR) is 71.7 cm³/mol. The van der Waals surface area contributed by atoms with Crippen LogP contribution in [0.15, 0.2) is 60.7 Å². The van der Waals surface area contributed by atoms with Crippen molar-refractivity contribution in [3.8, 4) is 0 Å². The molecule has 4 heteroatoms. The van der Waals surface area contributed by atoms with Crippen LogP contribution in [-0.4, -0.2) is 5.84 Å². The Morgan fingerprint density at radius 1 is 0.882 bits per heavy atom. The molecule has 0 unspecified atom stereocenters. The lowest BCUT2D eigenvalue weighted by Gasteiger charge is -1.94. The smallest absolute Gasteiger partial charge is 0.122 e. The van der Waals surface area contributed by atoms with Crippen molar-refractivity contribution >= 4 is 11.5 Å². The average molecular weight is 228 g/mol. The molecule has 2 aromatic rings. The standard InChI is InChI=1S/C7H8N2.C6H8N2/c8-7(9)6-4-2-1-3-5-6;7-8-6-4-2-1-3-5-6/h1-5H,(H3,8,9);1-5,8H,7H2. The van der Waals surface area contributed by atoms with Gasteiger partial charge in [0.2, 0.25) is 0 Å². The van der Waals surface area contributed by atoms with Crippen molar-refractivity contribution in [3.63, 3.8) is 0 Å². The van der Waals surface area contributed by atoms with Gasteiger partial charge in [0.15, 0.2) is 0 Å². The monoisotopic (exact) mass is 228 g/mol. The minimum Gasteiger partial charge on any atom is -0.384 e. The molecule has 0 saturated carbocycles. The number of rotatable bonds is 2. The molecule has 88 valence electrons. The zero-order valence-corrected chi connectivity index (χ0v) is 9.43. The number of anilines is 1. The van der Waals surface area contributed by atoms with E-state index in [0.29, 0.717) is 0 Å². The molecule has 0 aliphatic carbocycles. The van der Waals surface area contributed by atoms with Gasteiger partial charge in [0.25, 0.3) is 0 Å². The van der Waals surface area contributed by atoms with E-state index < -0.39 is 0 Å². The molecule has 0 saturated heterocycles. The van der Waals surface area contributed by atoms with Crippen molar-refractivity contribution in [2.75, 3.05) is 5.43 Å².